The molecule has 3 aromatic rings. The quantitative estimate of drug-likeness (QED) is 0.674. The van der Waals surface area contributed by atoms with Crippen molar-refractivity contribution in [2.75, 3.05) is 10.6 Å². The largest absolute Gasteiger partial charge is 0.326 e. The lowest BCUT2D eigenvalue weighted by Gasteiger charge is -2.18. The van der Waals surface area contributed by atoms with Crippen LogP contribution < -0.4 is 10.6 Å². The van der Waals surface area contributed by atoms with Crippen molar-refractivity contribution < 1.29 is 9.59 Å². The summed E-state index contributed by atoms with van der Waals surface area (Å²) in [6.07, 6.45) is 0. The molecular weight excluding hydrogens is 364 g/mol. The van der Waals surface area contributed by atoms with Crippen LogP contribution in [0.2, 0.25) is 0 Å². The van der Waals surface area contributed by atoms with Crippen LogP contribution >= 0.6 is 0 Å². The van der Waals surface area contributed by atoms with Gasteiger partial charge in [-0.25, -0.2) is 4.68 Å². The van der Waals surface area contributed by atoms with E-state index < -0.39 is 5.41 Å². The summed E-state index contributed by atoms with van der Waals surface area (Å²) in [5, 5.41) is 10.3. The second kappa shape index (κ2) is 8.31. The number of rotatable bonds is 5. The summed E-state index contributed by atoms with van der Waals surface area (Å²) >= 11 is 0. The van der Waals surface area contributed by atoms with Crippen LogP contribution in [0.5, 0.6) is 0 Å². The minimum absolute atomic E-state index is 0.105. The van der Waals surface area contributed by atoms with Crippen molar-refractivity contribution >= 4 is 23.3 Å². The van der Waals surface area contributed by atoms with Crippen LogP contribution in [0.25, 0.3) is 0 Å². The molecule has 0 fully saturated rings. The van der Waals surface area contributed by atoms with Crippen LogP contribution in [0.1, 0.15) is 42.4 Å². The number of hydrogen-bond donors (Lipinski definition) is 2. The highest BCUT2D eigenvalue weighted by Gasteiger charge is 2.21. The maximum Gasteiger partial charge on any atom is 0.256 e. The minimum Gasteiger partial charge on any atom is -0.326 e. The molecule has 0 unspecified atom stereocenters. The number of benzene rings is 2. The predicted octanol–water partition coefficient (Wildman–Crippen LogP) is 4.48. The molecule has 2 aromatic carbocycles. The van der Waals surface area contributed by atoms with Gasteiger partial charge in [0.15, 0.2) is 0 Å². The van der Waals surface area contributed by atoms with Gasteiger partial charge in [0.1, 0.15) is 5.82 Å². The number of aryl methyl sites for hydroxylation is 1. The van der Waals surface area contributed by atoms with E-state index in [0.717, 1.165) is 11.3 Å². The second-order valence-corrected chi connectivity index (χ2v) is 8.05. The zero-order chi connectivity index (χ0) is 21.0. The Kier molecular flexibility index (Phi) is 5.82. The van der Waals surface area contributed by atoms with Crippen LogP contribution in [0.15, 0.2) is 60.7 Å². The Balaban J connectivity index is 1.76. The number of nitrogens with zero attached hydrogens (tertiary/aromatic N) is 2. The number of carbonyl (C=O) groups is 2. The van der Waals surface area contributed by atoms with E-state index in [2.05, 4.69) is 15.7 Å². The summed E-state index contributed by atoms with van der Waals surface area (Å²) in [6, 6.07) is 18.7. The fourth-order valence-electron chi connectivity index (χ4n) is 2.77. The fraction of sp³-hybridized carbons (Fsp3) is 0.261. The first-order chi connectivity index (χ1) is 13.7. The average molecular weight is 390 g/mol. The first-order valence-electron chi connectivity index (χ1n) is 9.53. The lowest BCUT2D eigenvalue weighted by atomic mass is 9.95. The van der Waals surface area contributed by atoms with Gasteiger partial charge >= 0.3 is 0 Å². The second-order valence-electron chi connectivity index (χ2n) is 8.05. The summed E-state index contributed by atoms with van der Waals surface area (Å²) in [4.78, 5) is 25.0. The molecule has 0 bridgehead atoms. The van der Waals surface area contributed by atoms with Crippen LogP contribution in [0, 0.1) is 12.3 Å². The molecular formula is C23H26N4O2. The topological polar surface area (TPSA) is 76.0 Å². The van der Waals surface area contributed by atoms with Gasteiger partial charge in [-0.05, 0) is 30.7 Å². The highest BCUT2D eigenvalue weighted by atomic mass is 16.2. The monoisotopic (exact) mass is 390 g/mol. The molecule has 0 saturated heterocycles. The third-order valence-electron chi connectivity index (χ3n) is 4.38. The van der Waals surface area contributed by atoms with E-state index in [4.69, 9.17) is 0 Å². The van der Waals surface area contributed by atoms with Crippen molar-refractivity contribution in [2.24, 2.45) is 5.41 Å². The smallest absolute Gasteiger partial charge is 0.256 e. The predicted molar refractivity (Wildman–Crippen MR) is 115 cm³/mol. The number of hydrogen-bond acceptors (Lipinski definition) is 3. The zero-order valence-corrected chi connectivity index (χ0v) is 17.2. The van der Waals surface area contributed by atoms with Gasteiger partial charge in [0.25, 0.3) is 5.91 Å². The molecule has 0 spiro atoms. The molecule has 0 saturated carbocycles. The molecule has 0 atom stereocenters. The molecule has 2 amide bonds. The van der Waals surface area contributed by atoms with E-state index in [1.165, 1.54) is 0 Å². The number of carbonyl (C=O) groups excluding carboxylic acids is 2. The summed E-state index contributed by atoms with van der Waals surface area (Å²) < 4.78 is 1.77. The van der Waals surface area contributed by atoms with Crippen molar-refractivity contribution in [2.45, 2.75) is 34.2 Å². The van der Waals surface area contributed by atoms with Crippen molar-refractivity contribution in [1.29, 1.82) is 0 Å². The minimum atomic E-state index is -0.514. The summed E-state index contributed by atoms with van der Waals surface area (Å²) in [5.74, 6) is 0.262. The van der Waals surface area contributed by atoms with Gasteiger partial charge in [0.05, 0.1) is 12.2 Å². The maximum absolute atomic E-state index is 12.8. The van der Waals surface area contributed by atoms with Crippen molar-refractivity contribution in [3.8, 4) is 0 Å². The highest BCUT2D eigenvalue weighted by Crippen LogP contribution is 2.19. The molecule has 0 aliphatic carbocycles. The molecule has 1 heterocycles. The molecule has 1 aromatic heterocycles. The van der Waals surface area contributed by atoms with E-state index in [1.807, 2.05) is 64.1 Å². The Morgan fingerprint density at radius 2 is 1.69 bits per heavy atom. The van der Waals surface area contributed by atoms with Gasteiger partial charge in [0.2, 0.25) is 5.91 Å². The average Bonchev–Trinajstić information content (AvgIpc) is 3.00. The van der Waals surface area contributed by atoms with Crippen LogP contribution in [0.3, 0.4) is 0 Å². The van der Waals surface area contributed by atoms with Gasteiger partial charge < -0.3 is 10.6 Å². The number of aromatic nitrogens is 2. The van der Waals surface area contributed by atoms with Crippen LogP contribution in [0.4, 0.5) is 11.5 Å². The molecule has 29 heavy (non-hydrogen) atoms. The van der Waals surface area contributed by atoms with E-state index >= 15 is 0 Å². The molecule has 6 nitrogen and oxygen atoms in total. The molecule has 2 N–H and O–H groups in total. The first-order valence-corrected chi connectivity index (χ1v) is 9.53. The Morgan fingerprint density at radius 1 is 0.966 bits per heavy atom. The number of amides is 2. The zero-order valence-electron chi connectivity index (χ0n) is 17.2. The van der Waals surface area contributed by atoms with Crippen molar-refractivity contribution in [1.82, 2.24) is 9.78 Å². The van der Waals surface area contributed by atoms with Gasteiger partial charge in [0, 0.05) is 22.7 Å². The van der Waals surface area contributed by atoms with Gasteiger partial charge in [-0.15, -0.1) is 0 Å². The fourth-order valence-corrected chi connectivity index (χ4v) is 2.77. The van der Waals surface area contributed by atoms with Crippen molar-refractivity contribution in [3.63, 3.8) is 0 Å². The van der Waals surface area contributed by atoms with Gasteiger partial charge in [-0.2, -0.15) is 5.10 Å². The lowest BCUT2D eigenvalue weighted by Crippen LogP contribution is -2.27. The van der Waals surface area contributed by atoms with E-state index in [0.29, 0.717) is 23.6 Å². The third-order valence-corrected chi connectivity index (χ3v) is 4.38. The Bertz CT molecular complexity index is 1020. The lowest BCUT2D eigenvalue weighted by molar-refractivity contribution is -0.123. The molecule has 6 heteroatoms. The standard InChI is InChI=1S/C23H26N4O2/c1-16-13-20(27(26-16)15-17-9-6-5-7-10-17)25-21(28)18-11-8-12-19(14-18)24-22(29)23(2,3)4/h5-14H,15H2,1-4H3,(H,24,29)(H,25,28). The van der Waals surface area contributed by atoms with Crippen molar-refractivity contribution in [3.05, 3.63) is 77.5 Å². The SMILES string of the molecule is Cc1cc(NC(=O)c2cccc(NC(=O)C(C)(C)C)c2)n(Cc2ccccc2)n1. The van der Waals surface area contributed by atoms with Gasteiger partial charge in [-0.1, -0.05) is 57.2 Å². The van der Waals surface area contributed by atoms with E-state index in [1.54, 1.807) is 28.9 Å². The number of anilines is 2. The molecule has 3 rings (SSSR count). The number of nitrogens with one attached hydrogen (secondary N) is 2. The van der Waals surface area contributed by atoms with Crippen LogP contribution in [-0.4, -0.2) is 21.6 Å². The summed E-state index contributed by atoms with van der Waals surface area (Å²) in [7, 11) is 0. The van der Waals surface area contributed by atoms with Crippen LogP contribution in [-0.2, 0) is 11.3 Å². The first kappa shape index (κ1) is 20.3. The Morgan fingerprint density at radius 3 is 2.38 bits per heavy atom. The molecule has 0 aliphatic rings. The summed E-state index contributed by atoms with van der Waals surface area (Å²) in [6.45, 7) is 7.98. The van der Waals surface area contributed by atoms with E-state index in [-0.39, 0.29) is 11.8 Å². The van der Waals surface area contributed by atoms with Gasteiger partial charge in [-0.3, -0.25) is 9.59 Å². The molecule has 0 aliphatic heterocycles. The Labute approximate surface area is 170 Å². The highest BCUT2D eigenvalue weighted by molar-refractivity contribution is 6.05. The van der Waals surface area contributed by atoms with E-state index in [9.17, 15) is 9.59 Å². The summed E-state index contributed by atoms with van der Waals surface area (Å²) in [5.41, 5.74) is 2.45. The third kappa shape index (κ3) is 5.31. The normalized spacial score (nSPS) is 11.2. The maximum atomic E-state index is 12.8. The molecule has 150 valence electrons. The molecule has 0 radical (unpaired) electrons. The Hall–Kier alpha value is -3.41.